The van der Waals surface area contributed by atoms with E-state index in [0.717, 1.165) is 31.1 Å². The van der Waals surface area contributed by atoms with Crippen LogP contribution in [0.1, 0.15) is 25.8 Å². The number of rotatable bonds is 5. The molecule has 0 saturated carbocycles. The Morgan fingerprint density at radius 1 is 1.29 bits per heavy atom. The van der Waals surface area contributed by atoms with Crippen molar-refractivity contribution in [3.63, 3.8) is 0 Å². The van der Waals surface area contributed by atoms with E-state index in [-0.39, 0.29) is 0 Å². The maximum atomic E-state index is 6.08. The van der Waals surface area contributed by atoms with Gasteiger partial charge in [0.25, 0.3) is 0 Å². The predicted octanol–water partition coefficient (Wildman–Crippen LogP) is 3.81. The summed E-state index contributed by atoms with van der Waals surface area (Å²) in [5.41, 5.74) is 2.60. The number of aromatic nitrogens is 1. The molecule has 1 aromatic heterocycles. The summed E-state index contributed by atoms with van der Waals surface area (Å²) in [6.07, 6.45) is 3.38. The molecule has 0 atom stereocenters. The maximum absolute atomic E-state index is 6.08. The van der Waals surface area contributed by atoms with Crippen molar-refractivity contribution in [2.24, 2.45) is 0 Å². The highest BCUT2D eigenvalue weighted by molar-refractivity contribution is 6.31. The Morgan fingerprint density at radius 3 is 2.82 bits per heavy atom. The Morgan fingerprint density at radius 2 is 2.12 bits per heavy atom. The van der Waals surface area contributed by atoms with Crippen molar-refractivity contribution in [2.45, 2.75) is 33.4 Å². The summed E-state index contributed by atoms with van der Waals surface area (Å²) in [5, 5.41) is 5.50. The third kappa shape index (κ3) is 2.64. The lowest BCUT2D eigenvalue weighted by atomic mass is 10.2. The minimum Gasteiger partial charge on any atom is -0.347 e. The van der Waals surface area contributed by atoms with Crippen LogP contribution >= 0.6 is 11.6 Å². The second-order valence-electron chi connectivity index (χ2n) is 4.29. The first-order chi connectivity index (χ1) is 8.26. The zero-order valence-electron chi connectivity index (χ0n) is 10.5. The highest BCUT2D eigenvalue weighted by Crippen LogP contribution is 2.25. The lowest BCUT2D eigenvalue weighted by molar-refractivity contribution is 0.689. The third-order valence-electron chi connectivity index (χ3n) is 2.96. The van der Waals surface area contributed by atoms with E-state index >= 15 is 0 Å². The predicted molar refractivity (Wildman–Crippen MR) is 74.6 cm³/mol. The van der Waals surface area contributed by atoms with Gasteiger partial charge in [0.05, 0.1) is 0 Å². The zero-order chi connectivity index (χ0) is 12.3. The number of nitrogens with one attached hydrogen (secondary N) is 1. The number of hydrogen-bond acceptors (Lipinski definition) is 1. The number of aryl methyl sites for hydroxylation is 1. The summed E-state index contributed by atoms with van der Waals surface area (Å²) in [6.45, 7) is 7.28. The Hall–Kier alpha value is -0.990. The summed E-state index contributed by atoms with van der Waals surface area (Å²) >= 11 is 6.08. The molecule has 3 heteroatoms. The second kappa shape index (κ2) is 5.56. The van der Waals surface area contributed by atoms with Crippen molar-refractivity contribution in [1.82, 2.24) is 9.88 Å². The van der Waals surface area contributed by atoms with Crippen LogP contribution in [-0.4, -0.2) is 11.1 Å². The van der Waals surface area contributed by atoms with E-state index < -0.39 is 0 Å². The Bertz CT molecular complexity index is 502. The topological polar surface area (TPSA) is 17.0 Å². The van der Waals surface area contributed by atoms with Crippen molar-refractivity contribution in [2.75, 3.05) is 6.54 Å². The van der Waals surface area contributed by atoms with E-state index in [4.69, 9.17) is 11.6 Å². The van der Waals surface area contributed by atoms with Gasteiger partial charge in [-0.05, 0) is 30.7 Å². The second-order valence-corrected chi connectivity index (χ2v) is 4.73. The number of fused-ring (bicyclic) bond motifs is 1. The van der Waals surface area contributed by atoms with Crippen LogP contribution in [0.2, 0.25) is 5.02 Å². The number of benzene rings is 1. The molecule has 2 aromatic rings. The van der Waals surface area contributed by atoms with Crippen LogP contribution < -0.4 is 5.32 Å². The molecule has 0 saturated heterocycles. The molecule has 0 aliphatic rings. The summed E-state index contributed by atoms with van der Waals surface area (Å²) in [6, 6.07) is 6.15. The number of nitrogens with zero attached hydrogens (tertiary/aromatic N) is 1. The highest BCUT2D eigenvalue weighted by atomic mass is 35.5. The SMILES string of the molecule is CCCn1cc(CNCC)c2ccc(Cl)cc21. The van der Waals surface area contributed by atoms with E-state index in [0.29, 0.717) is 0 Å². The summed E-state index contributed by atoms with van der Waals surface area (Å²) in [5.74, 6) is 0. The van der Waals surface area contributed by atoms with Gasteiger partial charge in [0.15, 0.2) is 0 Å². The minimum absolute atomic E-state index is 0.808. The van der Waals surface area contributed by atoms with Crippen LogP contribution in [0.15, 0.2) is 24.4 Å². The lowest BCUT2D eigenvalue weighted by Gasteiger charge is -2.02. The fourth-order valence-corrected chi connectivity index (χ4v) is 2.33. The Labute approximate surface area is 108 Å². The van der Waals surface area contributed by atoms with Crippen molar-refractivity contribution < 1.29 is 0 Å². The van der Waals surface area contributed by atoms with Gasteiger partial charge in [-0.2, -0.15) is 0 Å². The van der Waals surface area contributed by atoms with Crippen LogP contribution in [0.5, 0.6) is 0 Å². The molecule has 1 heterocycles. The zero-order valence-corrected chi connectivity index (χ0v) is 11.2. The van der Waals surface area contributed by atoms with E-state index in [1.165, 1.54) is 16.5 Å². The molecule has 2 rings (SSSR count). The largest absolute Gasteiger partial charge is 0.347 e. The summed E-state index contributed by atoms with van der Waals surface area (Å²) in [4.78, 5) is 0. The van der Waals surface area contributed by atoms with Crippen molar-refractivity contribution in [3.8, 4) is 0 Å². The molecular formula is C14H19ClN2. The smallest absolute Gasteiger partial charge is 0.0498 e. The van der Waals surface area contributed by atoms with Crippen LogP contribution in [0.3, 0.4) is 0 Å². The molecule has 0 fully saturated rings. The van der Waals surface area contributed by atoms with Crippen LogP contribution in [-0.2, 0) is 13.1 Å². The average Bonchev–Trinajstić information content (AvgIpc) is 2.65. The van der Waals surface area contributed by atoms with E-state index in [9.17, 15) is 0 Å². The third-order valence-corrected chi connectivity index (χ3v) is 3.19. The summed E-state index contributed by atoms with van der Waals surface area (Å²) in [7, 11) is 0. The van der Waals surface area contributed by atoms with Gasteiger partial charge >= 0.3 is 0 Å². The minimum atomic E-state index is 0.808. The molecule has 17 heavy (non-hydrogen) atoms. The lowest BCUT2D eigenvalue weighted by Crippen LogP contribution is -2.11. The van der Waals surface area contributed by atoms with Crippen molar-refractivity contribution in [3.05, 3.63) is 35.0 Å². The van der Waals surface area contributed by atoms with Gasteiger partial charge in [-0.25, -0.2) is 0 Å². The van der Waals surface area contributed by atoms with Gasteiger partial charge in [-0.15, -0.1) is 0 Å². The highest BCUT2D eigenvalue weighted by Gasteiger charge is 2.07. The molecule has 92 valence electrons. The quantitative estimate of drug-likeness (QED) is 0.854. The molecule has 0 bridgehead atoms. The standard InChI is InChI=1S/C14H19ClN2/c1-3-7-17-10-11(9-16-4-2)13-6-5-12(15)8-14(13)17/h5-6,8,10,16H,3-4,7,9H2,1-2H3. The molecule has 1 aromatic carbocycles. The maximum Gasteiger partial charge on any atom is 0.0498 e. The Balaban J connectivity index is 2.46. The van der Waals surface area contributed by atoms with Crippen LogP contribution in [0.4, 0.5) is 0 Å². The van der Waals surface area contributed by atoms with Crippen molar-refractivity contribution >= 4 is 22.5 Å². The molecule has 0 aliphatic heterocycles. The molecular weight excluding hydrogens is 232 g/mol. The molecule has 0 radical (unpaired) electrons. The van der Waals surface area contributed by atoms with Gasteiger partial charge < -0.3 is 9.88 Å². The van der Waals surface area contributed by atoms with E-state index in [1.54, 1.807) is 0 Å². The van der Waals surface area contributed by atoms with Crippen LogP contribution in [0, 0.1) is 0 Å². The Kier molecular flexibility index (Phi) is 4.08. The normalized spacial score (nSPS) is 11.2. The number of halogens is 1. The first kappa shape index (κ1) is 12.5. The molecule has 0 aliphatic carbocycles. The molecule has 0 amide bonds. The monoisotopic (exact) mass is 250 g/mol. The fraction of sp³-hybridized carbons (Fsp3) is 0.429. The molecule has 0 unspecified atom stereocenters. The molecule has 0 spiro atoms. The van der Waals surface area contributed by atoms with Gasteiger partial charge in [-0.1, -0.05) is 31.5 Å². The van der Waals surface area contributed by atoms with E-state index in [1.807, 2.05) is 6.07 Å². The molecule has 1 N–H and O–H groups in total. The van der Waals surface area contributed by atoms with Crippen LogP contribution in [0.25, 0.3) is 10.9 Å². The van der Waals surface area contributed by atoms with Gasteiger partial charge in [-0.3, -0.25) is 0 Å². The van der Waals surface area contributed by atoms with Crippen molar-refractivity contribution in [1.29, 1.82) is 0 Å². The van der Waals surface area contributed by atoms with Gasteiger partial charge in [0.1, 0.15) is 0 Å². The van der Waals surface area contributed by atoms with Gasteiger partial charge in [0.2, 0.25) is 0 Å². The average molecular weight is 251 g/mol. The number of hydrogen-bond donors (Lipinski definition) is 1. The summed E-state index contributed by atoms with van der Waals surface area (Å²) < 4.78 is 2.30. The molecule has 2 nitrogen and oxygen atoms in total. The first-order valence-electron chi connectivity index (χ1n) is 6.24. The fourth-order valence-electron chi connectivity index (χ4n) is 2.17. The van der Waals surface area contributed by atoms with Gasteiger partial charge in [0, 0.05) is 35.2 Å². The van der Waals surface area contributed by atoms with E-state index in [2.05, 4.69) is 42.1 Å². The first-order valence-corrected chi connectivity index (χ1v) is 6.62.